The highest BCUT2D eigenvalue weighted by Gasteiger charge is 2.75. The molecule has 4 aliphatic rings. The SMILES string of the molecule is CC1C[C@H]2[C@@H]3CCC4=CC(=O)C=C[C@]4(C)C3(Cl)C(O)C[C@]2(C)C1(O)C(=O)O. The number of alkyl halides is 1. The van der Waals surface area contributed by atoms with E-state index in [4.69, 9.17) is 11.6 Å². The van der Waals surface area contributed by atoms with Gasteiger partial charge in [-0.1, -0.05) is 32.4 Å². The van der Waals surface area contributed by atoms with Gasteiger partial charge >= 0.3 is 5.97 Å². The average molecular weight is 395 g/mol. The Morgan fingerprint density at radius 1 is 1.30 bits per heavy atom. The van der Waals surface area contributed by atoms with Gasteiger partial charge in [0.05, 0.1) is 11.0 Å². The second-order valence-electron chi connectivity index (χ2n) is 9.47. The highest BCUT2D eigenvalue weighted by atomic mass is 35.5. The van der Waals surface area contributed by atoms with Gasteiger partial charge in [0.15, 0.2) is 11.4 Å². The molecule has 6 heteroatoms. The number of aliphatic hydroxyl groups is 2. The molecule has 0 saturated heterocycles. The van der Waals surface area contributed by atoms with Crippen molar-refractivity contribution in [2.75, 3.05) is 0 Å². The smallest absolute Gasteiger partial charge is 0.336 e. The minimum Gasteiger partial charge on any atom is -0.479 e. The molecule has 27 heavy (non-hydrogen) atoms. The maximum absolute atomic E-state index is 12.0. The van der Waals surface area contributed by atoms with E-state index in [0.717, 1.165) is 5.57 Å². The molecule has 3 saturated carbocycles. The number of fused-ring (bicyclic) bond motifs is 5. The van der Waals surface area contributed by atoms with Crippen molar-refractivity contribution in [3.8, 4) is 0 Å². The molecule has 0 amide bonds. The van der Waals surface area contributed by atoms with Crippen molar-refractivity contribution < 1.29 is 24.9 Å². The Labute approximate surface area is 164 Å². The molecule has 0 aromatic heterocycles. The topological polar surface area (TPSA) is 94.8 Å². The van der Waals surface area contributed by atoms with Crippen LogP contribution < -0.4 is 0 Å². The molecule has 5 nitrogen and oxygen atoms in total. The van der Waals surface area contributed by atoms with Crippen LogP contribution in [0.25, 0.3) is 0 Å². The number of allylic oxidation sites excluding steroid dienone is 4. The van der Waals surface area contributed by atoms with Crippen LogP contribution in [0.3, 0.4) is 0 Å². The van der Waals surface area contributed by atoms with Gasteiger partial charge in [0.2, 0.25) is 0 Å². The van der Waals surface area contributed by atoms with Gasteiger partial charge in [-0.05, 0) is 55.6 Å². The fourth-order valence-electron chi connectivity index (χ4n) is 7.00. The molecule has 4 rings (SSSR count). The van der Waals surface area contributed by atoms with Crippen molar-refractivity contribution in [1.29, 1.82) is 0 Å². The van der Waals surface area contributed by atoms with E-state index in [0.29, 0.717) is 19.3 Å². The molecule has 0 bridgehead atoms. The predicted molar refractivity (Wildman–Crippen MR) is 100 cm³/mol. The van der Waals surface area contributed by atoms with Crippen molar-refractivity contribution in [3.05, 3.63) is 23.8 Å². The number of ketones is 1. The van der Waals surface area contributed by atoms with Crippen LogP contribution >= 0.6 is 11.6 Å². The first-order valence-electron chi connectivity index (χ1n) is 9.70. The van der Waals surface area contributed by atoms with Gasteiger partial charge in [0.25, 0.3) is 0 Å². The first-order chi connectivity index (χ1) is 12.4. The summed E-state index contributed by atoms with van der Waals surface area (Å²) in [6.45, 7) is 5.53. The van der Waals surface area contributed by atoms with Crippen LogP contribution in [0.4, 0.5) is 0 Å². The molecule has 3 N–H and O–H groups in total. The Morgan fingerprint density at radius 3 is 2.59 bits per heavy atom. The lowest BCUT2D eigenvalue weighted by Crippen LogP contribution is -2.68. The maximum atomic E-state index is 12.0. The number of rotatable bonds is 1. The number of aliphatic hydroxyl groups excluding tert-OH is 1. The highest BCUT2D eigenvalue weighted by molar-refractivity contribution is 6.26. The van der Waals surface area contributed by atoms with Gasteiger partial charge in [0, 0.05) is 10.8 Å². The fourth-order valence-corrected chi connectivity index (χ4v) is 7.52. The van der Waals surface area contributed by atoms with E-state index >= 15 is 0 Å². The van der Waals surface area contributed by atoms with E-state index in [1.54, 1.807) is 19.9 Å². The Morgan fingerprint density at radius 2 is 1.96 bits per heavy atom. The molecule has 4 aliphatic carbocycles. The molecule has 0 aliphatic heterocycles. The first-order valence-corrected chi connectivity index (χ1v) is 10.1. The summed E-state index contributed by atoms with van der Waals surface area (Å²) >= 11 is 7.26. The number of carboxylic acid groups (broad SMARTS) is 1. The summed E-state index contributed by atoms with van der Waals surface area (Å²) in [4.78, 5) is 22.9. The average Bonchev–Trinajstić information content (AvgIpc) is 2.79. The third-order valence-electron chi connectivity index (χ3n) is 8.55. The fraction of sp³-hybridized carbons (Fsp3) is 0.714. The molecule has 0 heterocycles. The molecular weight excluding hydrogens is 368 g/mol. The van der Waals surface area contributed by atoms with Crippen LogP contribution in [-0.4, -0.2) is 43.7 Å². The number of hydrogen-bond acceptors (Lipinski definition) is 4. The van der Waals surface area contributed by atoms with E-state index in [-0.39, 0.29) is 24.0 Å². The second kappa shape index (κ2) is 5.46. The van der Waals surface area contributed by atoms with Gasteiger partial charge in [-0.15, -0.1) is 11.6 Å². The van der Waals surface area contributed by atoms with Gasteiger partial charge in [0.1, 0.15) is 0 Å². The molecule has 4 unspecified atom stereocenters. The lowest BCUT2D eigenvalue weighted by molar-refractivity contribution is -0.194. The number of carboxylic acids is 1. The van der Waals surface area contributed by atoms with Gasteiger partial charge in [-0.25, -0.2) is 4.79 Å². The summed E-state index contributed by atoms with van der Waals surface area (Å²) in [5.41, 5.74) is -2.57. The van der Waals surface area contributed by atoms with Crippen LogP contribution in [0.2, 0.25) is 0 Å². The number of carbonyl (C=O) groups excluding carboxylic acids is 1. The maximum Gasteiger partial charge on any atom is 0.336 e. The lowest BCUT2D eigenvalue weighted by Gasteiger charge is -2.63. The summed E-state index contributed by atoms with van der Waals surface area (Å²) in [6, 6.07) is 0. The first kappa shape index (κ1) is 19.2. The number of carbonyl (C=O) groups is 2. The minimum atomic E-state index is -1.88. The Kier molecular flexibility index (Phi) is 3.87. The van der Waals surface area contributed by atoms with Crippen molar-refractivity contribution in [2.45, 2.75) is 63.0 Å². The van der Waals surface area contributed by atoms with Gasteiger partial charge in [-0.3, -0.25) is 4.79 Å². The van der Waals surface area contributed by atoms with E-state index in [9.17, 15) is 24.9 Å². The quantitative estimate of drug-likeness (QED) is 0.594. The van der Waals surface area contributed by atoms with Crippen LogP contribution in [0.1, 0.15) is 46.5 Å². The van der Waals surface area contributed by atoms with Crippen LogP contribution in [0.5, 0.6) is 0 Å². The van der Waals surface area contributed by atoms with Crippen molar-refractivity contribution >= 4 is 23.4 Å². The second-order valence-corrected chi connectivity index (χ2v) is 10.1. The summed E-state index contributed by atoms with van der Waals surface area (Å²) in [5, 5.41) is 32.3. The van der Waals surface area contributed by atoms with Crippen molar-refractivity contribution in [2.24, 2.45) is 28.6 Å². The minimum absolute atomic E-state index is 0.0638. The van der Waals surface area contributed by atoms with Crippen molar-refractivity contribution in [3.63, 3.8) is 0 Å². The number of halogens is 1. The summed E-state index contributed by atoms with van der Waals surface area (Å²) < 4.78 is 0. The van der Waals surface area contributed by atoms with Gasteiger partial charge in [-0.2, -0.15) is 0 Å². The molecule has 0 radical (unpaired) electrons. The summed E-state index contributed by atoms with van der Waals surface area (Å²) in [6.07, 6.45) is 6.01. The summed E-state index contributed by atoms with van der Waals surface area (Å²) in [7, 11) is 0. The lowest BCUT2D eigenvalue weighted by atomic mass is 9.46. The Balaban J connectivity index is 1.85. The number of aliphatic carboxylic acids is 1. The zero-order valence-corrected chi connectivity index (χ0v) is 16.7. The molecule has 148 valence electrons. The van der Waals surface area contributed by atoms with E-state index < -0.39 is 39.3 Å². The number of hydrogen-bond donors (Lipinski definition) is 3. The molecule has 8 atom stereocenters. The molecule has 0 aromatic carbocycles. The summed E-state index contributed by atoms with van der Waals surface area (Å²) in [5.74, 6) is -1.97. The predicted octanol–water partition coefficient (Wildman–Crippen LogP) is 2.69. The zero-order chi connectivity index (χ0) is 20.0. The highest BCUT2D eigenvalue weighted by Crippen LogP contribution is 2.71. The van der Waals surface area contributed by atoms with E-state index in [1.165, 1.54) is 6.08 Å². The largest absolute Gasteiger partial charge is 0.479 e. The molecule has 0 aromatic rings. The van der Waals surface area contributed by atoms with Crippen LogP contribution in [0.15, 0.2) is 23.8 Å². The van der Waals surface area contributed by atoms with Gasteiger partial charge < -0.3 is 15.3 Å². The normalized spacial score (nSPS) is 54.0. The van der Waals surface area contributed by atoms with E-state index in [1.807, 2.05) is 13.0 Å². The standard InChI is InChI=1S/C21H27ClO5/c1-11-8-15-14-5-4-12-9-13(23)6-7-18(12,2)20(14,22)16(24)10-19(15,3)21(11,27)17(25)26/h6-7,9,11,14-16,24,27H,4-5,8,10H2,1-3H3,(H,25,26)/t11?,14-,15-,16?,18-,19-,20?,21?/m0/s1. The van der Waals surface area contributed by atoms with Crippen LogP contribution in [-0.2, 0) is 9.59 Å². The van der Waals surface area contributed by atoms with E-state index in [2.05, 4.69) is 0 Å². The third kappa shape index (κ3) is 1.98. The van der Waals surface area contributed by atoms with Crippen molar-refractivity contribution in [1.82, 2.24) is 0 Å². The zero-order valence-electron chi connectivity index (χ0n) is 15.9. The third-order valence-corrected chi connectivity index (χ3v) is 9.47. The Bertz CT molecular complexity index is 789. The Hall–Kier alpha value is -1.17. The molecular formula is C21H27ClO5. The van der Waals surface area contributed by atoms with Crippen LogP contribution in [0, 0.1) is 28.6 Å². The monoisotopic (exact) mass is 394 g/mol. The molecule has 0 spiro atoms. The molecule has 3 fully saturated rings.